The van der Waals surface area contributed by atoms with Gasteiger partial charge in [0.1, 0.15) is 18.1 Å². The molecular weight excluding hydrogens is 506 g/mol. The van der Waals surface area contributed by atoms with Gasteiger partial charge in [0.15, 0.2) is 0 Å². The van der Waals surface area contributed by atoms with Gasteiger partial charge in [-0.25, -0.2) is 4.79 Å². The molecule has 3 amide bonds. The lowest BCUT2D eigenvalue weighted by atomic mass is 10.0. The molecule has 0 aliphatic carbocycles. The summed E-state index contributed by atoms with van der Waals surface area (Å²) in [6.07, 6.45) is 2.78. The Labute approximate surface area is 226 Å². The third kappa shape index (κ3) is 8.54. The highest BCUT2D eigenvalue weighted by molar-refractivity contribution is 5.94. The number of carbonyl (C=O) groups excluding carboxylic acids is 3. The molecule has 1 fully saturated rings. The molecule has 1 saturated heterocycles. The van der Waals surface area contributed by atoms with Crippen molar-refractivity contribution in [2.45, 2.75) is 76.5 Å². The third-order valence-corrected chi connectivity index (χ3v) is 6.71. The zero-order valence-corrected chi connectivity index (χ0v) is 22.2. The van der Waals surface area contributed by atoms with Crippen LogP contribution in [0.1, 0.15) is 51.5 Å². The van der Waals surface area contributed by atoms with E-state index in [1.54, 1.807) is 6.20 Å². The normalized spacial score (nSPS) is 17.4. The first kappa shape index (κ1) is 29.6. The van der Waals surface area contributed by atoms with Crippen LogP contribution in [0.2, 0.25) is 0 Å². The first-order valence-corrected chi connectivity index (χ1v) is 13.2. The summed E-state index contributed by atoms with van der Waals surface area (Å²) >= 11 is 0. The van der Waals surface area contributed by atoms with E-state index in [1.807, 2.05) is 38.1 Å². The molecule has 212 valence electrons. The van der Waals surface area contributed by atoms with Gasteiger partial charge in [0, 0.05) is 29.9 Å². The fraction of sp³-hybridized carbons (Fsp3) is 0.519. The number of rotatable bonds is 14. The monoisotopic (exact) mass is 543 g/mol. The number of amides is 3. The Hall–Kier alpha value is -3.93. The van der Waals surface area contributed by atoms with Gasteiger partial charge in [-0.15, -0.1) is 0 Å². The average molecular weight is 544 g/mol. The maximum Gasteiger partial charge on any atom is 0.326 e. The smallest absolute Gasteiger partial charge is 0.326 e. The van der Waals surface area contributed by atoms with Crippen LogP contribution in [0.3, 0.4) is 0 Å². The minimum atomic E-state index is -1.32. The molecule has 4 atom stereocenters. The maximum atomic E-state index is 13.2. The predicted octanol–water partition coefficient (Wildman–Crippen LogP) is 0.912. The van der Waals surface area contributed by atoms with E-state index in [0.717, 1.165) is 17.3 Å². The Balaban J connectivity index is 1.73. The lowest BCUT2D eigenvalue weighted by molar-refractivity contribution is -0.143. The Kier molecular flexibility index (Phi) is 10.4. The van der Waals surface area contributed by atoms with Crippen LogP contribution in [0, 0.1) is 5.92 Å². The minimum absolute atomic E-state index is 0.0227. The summed E-state index contributed by atoms with van der Waals surface area (Å²) in [6.45, 7) is 4.48. The first-order chi connectivity index (χ1) is 18.5. The Morgan fingerprint density at radius 1 is 0.974 bits per heavy atom. The predicted molar refractivity (Wildman–Crippen MR) is 143 cm³/mol. The second kappa shape index (κ2) is 13.7. The number of hydrogen-bond donors (Lipinski definition) is 7. The summed E-state index contributed by atoms with van der Waals surface area (Å²) in [4.78, 5) is 65.4. The standard InChI is InChI=1S/C27H37N5O7/c1-15(2)12-21(31-24(35)19-8-5-11-28-19)26(37)30-20(9-10-23(33)34)25(36)32-22(27(38)39)13-16-14-29-18-7-4-3-6-17(16)18/h3-4,6-7,14-15,19-22,28-29H,5,8-13H2,1-2H3,(H,30,37)(H,31,35)(H,32,36)(H,33,34)(H,38,39). The van der Waals surface area contributed by atoms with Gasteiger partial charge in [-0.3, -0.25) is 19.2 Å². The van der Waals surface area contributed by atoms with Crippen molar-refractivity contribution >= 4 is 40.6 Å². The van der Waals surface area contributed by atoms with E-state index in [-0.39, 0.29) is 24.7 Å². The number of aliphatic carboxylic acids is 2. The summed E-state index contributed by atoms with van der Waals surface area (Å²) in [7, 11) is 0. The summed E-state index contributed by atoms with van der Waals surface area (Å²) in [6, 6.07) is 3.37. The average Bonchev–Trinajstić information content (AvgIpc) is 3.56. The van der Waals surface area contributed by atoms with Crippen molar-refractivity contribution in [3.05, 3.63) is 36.0 Å². The number of nitrogens with one attached hydrogen (secondary N) is 5. The fourth-order valence-corrected chi connectivity index (χ4v) is 4.69. The van der Waals surface area contributed by atoms with Crippen LogP contribution in [0.15, 0.2) is 30.5 Å². The van der Waals surface area contributed by atoms with Crippen LogP contribution in [0.4, 0.5) is 0 Å². The molecule has 0 saturated carbocycles. The summed E-state index contributed by atoms with van der Waals surface area (Å²) in [5, 5.41) is 30.6. The molecule has 1 aromatic heterocycles. The number of aromatic amines is 1. The molecule has 0 spiro atoms. The van der Waals surface area contributed by atoms with Gasteiger partial charge in [-0.1, -0.05) is 32.0 Å². The number of fused-ring (bicyclic) bond motifs is 1. The number of H-pyrrole nitrogens is 1. The molecule has 1 aliphatic rings. The van der Waals surface area contributed by atoms with Crippen LogP contribution >= 0.6 is 0 Å². The second-order valence-corrected chi connectivity index (χ2v) is 10.3. The minimum Gasteiger partial charge on any atom is -0.481 e. The molecule has 39 heavy (non-hydrogen) atoms. The molecule has 2 aromatic rings. The largest absolute Gasteiger partial charge is 0.481 e. The van der Waals surface area contributed by atoms with Crippen LogP contribution in [-0.2, 0) is 30.4 Å². The van der Waals surface area contributed by atoms with Crippen LogP contribution in [-0.4, -0.2) is 75.6 Å². The highest BCUT2D eigenvalue weighted by atomic mass is 16.4. The number of benzene rings is 1. The van der Waals surface area contributed by atoms with Gasteiger partial charge in [-0.2, -0.15) is 0 Å². The highest BCUT2D eigenvalue weighted by Gasteiger charge is 2.32. The lowest BCUT2D eigenvalue weighted by Crippen LogP contribution is -2.57. The zero-order chi connectivity index (χ0) is 28.5. The van der Waals surface area contributed by atoms with Crippen molar-refractivity contribution in [3.63, 3.8) is 0 Å². The van der Waals surface area contributed by atoms with Crippen molar-refractivity contribution in [2.24, 2.45) is 5.92 Å². The number of para-hydroxylation sites is 1. The van der Waals surface area contributed by atoms with E-state index in [4.69, 9.17) is 0 Å². The zero-order valence-electron chi connectivity index (χ0n) is 22.2. The third-order valence-electron chi connectivity index (χ3n) is 6.71. The molecule has 3 rings (SSSR count). The SMILES string of the molecule is CC(C)CC(NC(=O)C1CCCN1)C(=O)NC(CCC(=O)O)C(=O)NC(Cc1c[nH]c2ccccc12)C(=O)O. The van der Waals surface area contributed by atoms with Crippen molar-refractivity contribution < 1.29 is 34.2 Å². The van der Waals surface area contributed by atoms with Gasteiger partial charge in [-0.05, 0) is 49.8 Å². The maximum absolute atomic E-state index is 13.2. The summed E-state index contributed by atoms with van der Waals surface area (Å²) in [5.74, 6) is -4.17. The molecule has 12 heteroatoms. The van der Waals surface area contributed by atoms with E-state index in [1.165, 1.54) is 0 Å². The molecule has 1 aliphatic heterocycles. The van der Waals surface area contributed by atoms with E-state index < -0.39 is 54.3 Å². The molecular formula is C27H37N5O7. The number of carboxylic acids is 2. The number of carbonyl (C=O) groups is 5. The van der Waals surface area contributed by atoms with Gasteiger partial charge >= 0.3 is 11.9 Å². The van der Waals surface area contributed by atoms with Crippen molar-refractivity contribution in [1.82, 2.24) is 26.3 Å². The molecule has 0 radical (unpaired) electrons. The molecule has 4 unspecified atom stereocenters. The van der Waals surface area contributed by atoms with E-state index >= 15 is 0 Å². The Morgan fingerprint density at radius 2 is 1.67 bits per heavy atom. The second-order valence-electron chi connectivity index (χ2n) is 10.3. The van der Waals surface area contributed by atoms with Crippen LogP contribution in [0.25, 0.3) is 10.9 Å². The van der Waals surface area contributed by atoms with Gasteiger partial charge in [0.2, 0.25) is 17.7 Å². The van der Waals surface area contributed by atoms with Crippen LogP contribution in [0.5, 0.6) is 0 Å². The van der Waals surface area contributed by atoms with Gasteiger partial charge in [0.25, 0.3) is 0 Å². The van der Waals surface area contributed by atoms with E-state index in [2.05, 4.69) is 26.3 Å². The fourth-order valence-electron chi connectivity index (χ4n) is 4.69. The first-order valence-electron chi connectivity index (χ1n) is 13.2. The van der Waals surface area contributed by atoms with Gasteiger partial charge < -0.3 is 36.5 Å². The number of hydrogen-bond acceptors (Lipinski definition) is 6. The van der Waals surface area contributed by atoms with E-state index in [0.29, 0.717) is 24.9 Å². The molecule has 0 bridgehead atoms. The topological polar surface area (TPSA) is 190 Å². The molecule has 7 N–H and O–H groups in total. The Bertz CT molecular complexity index is 1190. The van der Waals surface area contributed by atoms with Crippen LogP contribution < -0.4 is 21.3 Å². The van der Waals surface area contributed by atoms with E-state index in [9.17, 15) is 34.2 Å². The molecule has 12 nitrogen and oxygen atoms in total. The number of aromatic nitrogens is 1. The number of carboxylic acid groups (broad SMARTS) is 2. The van der Waals surface area contributed by atoms with Crippen molar-refractivity contribution in [3.8, 4) is 0 Å². The van der Waals surface area contributed by atoms with Crippen molar-refractivity contribution in [1.29, 1.82) is 0 Å². The summed E-state index contributed by atoms with van der Waals surface area (Å²) < 4.78 is 0. The lowest BCUT2D eigenvalue weighted by Gasteiger charge is -2.26. The molecule has 2 heterocycles. The van der Waals surface area contributed by atoms with Crippen molar-refractivity contribution in [2.75, 3.05) is 6.54 Å². The quantitative estimate of drug-likeness (QED) is 0.183. The summed E-state index contributed by atoms with van der Waals surface area (Å²) in [5.41, 5.74) is 1.50. The molecule has 1 aromatic carbocycles. The van der Waals surface area contributed by atoms with Gasteiger partial charge in [0.05, 0.1) is 6.04 Å². The highest BCUT2D eigenvalue weighted by Crippen LogP contribution is 2.19. The Morgan fingerprint density at radius 3 is 2.31 bits per heavy atom.